The monoisotopic (exact) mass is 413 g/mol. The van der Waals surface area contributed by atoms with E-state index in [1.807, 2.05) is 32.0 Å². The molecule has 0 radical (unpaired) electrons. The number of hydrogen-bond acceptors (Lipinski definition) is 6. The minimum Gasteiger partial charge on any atom is -0.410 e. The molecule has 1 N–H and O–H groups in total. The van der Waals surface area contributed by atoms with E-state index in [0.717, 1.165) is 40.5 Å². The van der Waals surface area contributed by atoms with E-state index in [4.69, 9.17) is 4.42 Å². The molecule has 0 saturated carbocycles. The summed E-state index contributed by atoms with van der Waals surface area (Å²) in [5.41, 5.74) is 4.49. The Labute approximate surface area is 173 Å². The SMILES string of the molecule is Cc1cccc(NC(=O)CSc2nnc(-c3cc4c(s3)CC[C@@H](C)C4)o2)c1C. The van der Waals surface area contributed by atoms with Crippen molar-refractivity contribution >= 4 is 34.7 Å². The van der Waals surface area contributed by atoms with Gasteiger partial charge in [0.1, 0.15) is 0 Å². The van der Waals surface area contributed by atoms with Crippen molar-refractivity contribution in [2.24, 2.45) is 5.92 Å². The molecule has 1 aliphatic carbocycles. The molecule has 28 heavy (non-hydrogen) atoms. The van der Waals surface area contributed by atoms with E-state index in [-0.39, 0.29) is 11.7 Å². The highest BCUT2D eigenvalue weighted by atomic mass is 32.2. The lowest BCUT2D eigenvalue weighted by Gasteiger charge is -2.16. The highest BCUT2D eigenvalue weighted by molar-refractivity contribution is 7.99. The summed E-state index contributed by atoms with van der Waals surface area (Å²) in [5, 5.41) is 11.6. The Kier molecular flexibility index (Phi) is 5.55. The van der Waals surface area contributed by atoms with Crippen LogP contribution in [0.15, 0.2) is 33.9 Å². The molecule has 4 rings (SSSR count). The second kappa shape index (κ2) is 8.09. The number of nitrogens with zero attached hydrogens (tertiary/aromatic N) is 2. The number of benzene rings is 1. The Hall–Kier alpha value is -2.12. The van der Waals surface area contributed by atoms with Crippen LogP contribution in [-0.4, -0.2) is 21.9 Å². The molecule has 0 saturated heterocycles. The maximum atomic E-state index is 12.3. The fourth-order valence-electron chi connectivity index (χ4n) is 3.38. The van der Waals surface area contributed by atoms with Crippen LogP contribution in [0.3, 0.4) is 0 Å². The van der Waals surface area contributed by atoms with Gasteiger partial charge in [0.2, 0.25) is 5.91 Å². The van der Waals surface area contributed by atoms with Gasteiger partial charge >= 0.3 is 0 Å². The highest BCUT2D eigenvalue weighted by Crippen LogP contribution is 2.37. The molecule has 2 aromatic heterocycles. The molecular formula is C21H23N3O2S2. The van der Waals surface area contributed by atoms with Gasteiger partial charge in [-0.25, -0.2) is 0 Å². The normalized spacial score (nSPS) is 16.0. The molecule has 3 aromatic rings. The lowest BCUT2D eigenvalue weighted by molar-refractivity contribution is -0.113. The lowest BCUT2D eigenvalue weighted by Crippen LogP contribution is -2.15. The number of aromatic nitrogens is 2. The van der Waals surface area contributed by atoms with Crippen LogP contribution in [0.1, 0.15) is 34.9 Å². The van der Waals surface area contributed by atoms with Gasteiger partial charge in [0, 0.05) is 10.6 Å². The minimum atomic E-state index is -0.0842. The number of carbonyl (C=O) groups excluding carboxylic acids is 1. The van der Waals surface area contributed by atoms with Gasteiger partial charge in [-0.05, 0) is 67.9 Å². The molecule has 1 aromatic carbocycles. The number of thioether (sulfide) groups is 1. The van der Waals surface area contributed by atoms with Gasteiger partial charge in [-0.1, -0.05) is 30.8 Å². The topological polar surface area (TPSA) is 68.0 Å². The summed E-state index contributed by atoms with van der Waals surface area (Å²) in [4.78, 5) is 14.7. The van der Waals surface area contributed by atoms with Gasteiger partial charge in [-0.3, -0.25) is 4.79 Å². The number of anilines is 1. The molecule has 146 valence electrons. The number of thiophene rings is 1. The summed E-state index contributed by atoms with van der Waals surface area (Å²) >= 11 is 3.01. The van der Waals surface area contributed by atoms with Crippen molar-refractivity contribution in [3.05, 3.63) is 45.8 Å². The molecule has 1 aliphatic rings. The maximum absolute atomic E-state index is 12.3. The second-order valence-corrected chi connectivity index (χ2v) is 9.43. The van der Waals surface area contributed by atoms with E-state index in [0.29, 0.717) is 11.1 Å². The first-order valence-electron chi connectivity index (χ1n) is 9.44. The van der Waals surface area contributed by atoms with Crippen LogP contribution in [-0.2, 0) is 17.6 Å². The van der Waals surface area contributed by atoms with Crippen LogP contribution in [0, 0.1) is 19.8 Å². The van der Waals surface area contributed by atoms with Gasteiger partial charge in [0.05, 0.1) is 10.6 Å². The summed E-state index contributed by atoms with van der Waals surface area (Å²) in [6.45, 7) is 6.33. The number of nitrogens with one attached hydrogen (secondary N) is 1. The van der Waals surface area contributed by atoms with Crippen LogP contribution in [0.5, 0.6) is 0 Å². The van der Waals surface area contributed by atoms with E-state index < -0.39 is 0 Å². The summed E-state index contributed by atoms with van der Waals surface area (Å²) < 4.78 is 5.79. The van der Waals surface area contributed by atoms with E-state index >= 15 is 0 Å². The molecule has 0 bridgehead atoms. The Morgan fingerprint density at radius 2 is 2.21 bits per heavy atom. The van der Waals surface area contributed by atoms with Crippen LogP contribution < -0.4 is 5.32 Å². The number of carbonyl (C=O) groups is 1. The average Bonchev–Trinajstić information content (AvgIpc) is 3.30. The van der Waals surface area contributed by atoms with Crippen molar-refractivity contribution < 1.29 is 9.21 Å². The number of aryl methyl sites for hydroxylation is 2. The molecule has 5 nitrogen and oxygen atoms in total. The first-order valence-corrected chi connectivity index (χ1v) is 11.2. The Morgan fingerprint density at radius 1 is 1.36 bits per heavy atom. The third-order valence-electron chi connectivity index (χ3n) is 5.15. The summed E-state index contributed by atoms with van der Waals surface area (Å²) in [7, 11) is 0. The van der Waals surface area contributed by atoms with Crippen LogP contribution >= 0.6 is 23.1 Å². The number of amides is 1. The standard InChI is InChI=1S/C21H23N3O2S2/c1-12-7-8-17-15(9-12)10-18(28-17)20-23-24-21(26-20)27-11-19(25)22-16-6-4-5-13(2)14(16)3/h4-6,10,12H,7-9,11H2,1-3H3,(H,22,25)/t12-/m1/s1. The predicted octanol–water partition coefficient (Wildman–Crippen LogP) is 5.27. The zero-order valence-corrected chi connectivity index (χ0v) is 17.9. The molecule has 2 heterocycles. The van der Waals surface area contributed by atoms with Gasteiger partial charge in [-0.2, -0.15) is 0 Å². The Bertz CT molecular complexity index is 1010. The van der Waals surface area contributed by atoms with Crippen molar-refractivity contribution in [2.75, 3.05) is 11.1 Å². The Balaban J connectivity index is 1.37. The van der Waals surface area contributed by atoms with Crippen LogP contribution in [0.4, 0.5) is 5.69 Å². The predicted molar refractivity (Wildman–Crippen MR) is 114 cm³/mol. The third kappa shape index (κ3) is 4.15. The van der Waals surface area contributed by atoms with Gasteiger partial charge in [0.15, 0.2) is 0 Å². The molecule has 1 amide bonds. The van der Waals surface area contributed by atoms with E-state index in [9.17, 15) is 4.79 Å². The molecule has 7 heteroatoms. The lowest BCUT2D eigenvalue weighted by atomic mass is 9.90. The smallest absolute Gasteiger partial charge is 0.277 e. The zero-order chi connectivity index (χ0) is 19.7. The minimum absolute atomic E-state index is 0.0842. The average molecular weight is 414 g/mol. The van der Waals surface area contributed by atoms with Crippen molar-refractivity contribution in [3.8, 4) is 10.8 Å². The first-order chi connectivity index (χ1) is 13.5. The summed E-state index contributed by atoms with van der Waals surface area (Å²) in [6.07, 6.45) is 3.50. The molecule has 0 fully saturated rings. The fourth-order valence-corrected chi connectivity index (χ4v) is 5.07. The van der Waals surface area contributed by atoms with Gasteiger partial charge in [0.25, 0.3) is 11.1 Å². The van der Waals surface area contributed by atoms with Crippen LogP contribution in [0.2, 0.25) is 0 Å². The fraction of sp³-hybridized carbons (Fsp3) is 0.381. The third-order valence-corrected chi connectivity index (χ3v) is 7.20. The molecule has 0 spiro atoms. The summed E-state index contributed by atoms with van der Waals surface area (Å²) in [6, 6.07) is 8.07. The van der Waals surface area contributed by atoms with E-state index in [2.05, 4.69) is 28.5 Å². The van der Waals surface area contributed by atoms with Crippen molar-refractivity contribution in [1.29, 1.82) is 0 Å². The first kappa shape index (κ1) is 19.2. The van der Waals surface area contributed by atoms with Crippen molar-refractivity contribution in [2.45, 2.75) is 45.3 Å². The number of hydrogen-bond donors (Lipinski definition) is 1. The van der Waals surface area contributed by atoms with Gasteiger partial charge in [-0.15, -0.1) is 21.5 Å². The summed E-state index contributed by atoms with van der Waals surface area (Å²) in [5.74, 6) is 1.43. The second-order valence-electron chi connectivity index (χ2n) is 7.36. The van der Waals surface area contributed by atoms with Gasteiger partial charge < -0.3 is 9.73 Å². The van der Waals surface area contributed by atoms with E-state index in [1.165, 1.54) is 28.6 Å². The molecular weight excluding hydrogens is 390 g/mol. The molecule has 0 unspecified atom stereocenters. The quantitative estimate of drug-likeness (QED) is 0.577. The van der Waals surface area contributed by atoms with Crippen molar-refractivity contribution in [3.63, 3.8) is 0 Å². The number of fused-ring (bicyclic) bond motifs is 1. The highest BCUT2D eigenvalue weighted by Gasteiger charge is 2.21. The molecule has 0 aliphatic heterocycles. The largest absolute Gasteiger partial charge is 0.410 e. The maximum Gasteiger partial charge on any atom is 0.277 e. The number of rotatable bonds is 5. The Morgan fingerprint density at radius 3 is 3.07 bits per heavy atom. The molecule has 1 atom stereocenters. The zero-order valence-electron chi connectivity index (χ0n) is 16.2. The van der Waals surface area contributed by atoms with E-state index in [1.54, 1.807) is 11.3 Å². The van der Waals surface area contributed by atoms with Crippen molar-refractivity contribution in [1.82, 2.24) is 10.2 Å². The van der Waals surface area contributed by atoms with Crippen LogP contribution in [0.25, 0.3) is 10.8 Å².